The zero-order valence-corrected chi connectivity index (χ0v) is 11.9. The maximum atomic E-state index is 12.6. The van der Waals surface area contributed by atoms with Gasteiger partial charge in [0.2, 0.25) is 17.7 Å². The predicted molar refractivity (Wildman–Crippen MR) is 73.4 cm³/mol. The Hall–Kier alpha value is -1.43. The van der Waals surface area contributed by atoms with Crippen LogP contribution in [0.25, 0.3) is 0 Å². The van der Waals surface area contributed by atoms with E-state index in [2.05, 4.69) is 5.32 Å². The Labute approximate surface area is 119 Å². The van der Waals surface area contributed by atoms with E-state index in [9.17, 15) is 14.4 Å². The van der Waals surface area contributed by atoms with E-state index in [1.165, 1.54) is 4.90 Å². The summed E-state index contributed by atoms with van der Waals surface area (Å²) in [6.07, 6.45) is 4.76. The summed E-state index contributed by atoms with van der Waals surface area (Å²) in [5.74, 6) is -0.407. The van der Waals surface area contributed by atoms with E-state index in [0.717, 1.165) is 32.1 Å². The van der Waals surface area contributed by atoms with Gasteiger partial charge in [-0.3, -0.25) is 19.7 Å². The lowest BCUT2D eigenvalue weighted by Gasteiger charge is -2.36. The van der Waals surface area contributed by atoms with Crippen molar-refractivity contribution < 1.29 is 14.4 Å². The minimum Gasteiger partial charge on any atom is -0.330 e. The van der Waals surface area contributed by atoms with Gasteiger partial charge in [-0.25, -0.2) is 0 Å². The molecule has 1 saturated carbocycles. The molecule has 3 unspecified atom stereocenters. The minimum atomic E-state index is -0.560. The Morgan fingerprint density at radius 2 is 2.15 bits per heavy atom. The summed E-state index contributed by atoms with van der Waals surface area (Å²) in [5.41, 5.74) is 5.59. The van der Waals surface area contributed by atoms with Gasteiger partial charge in [-0.1, -0.05) is 12.8 Å². The van der Waals surface area contributed by atoms with E-state index < -0.39 is 11.9 Å². The van der Waals surface area contributed by atoms with Gasteiger partial charge >= 0.3 is 0 Å². The molecule has 1 heterocycles. The molecule has 1 saturated heterocycles. The quantitative estimate of drug-likeness (QED) is 0.713. The molecule has 1 aliphatic heterocycles. The van der Waals surface area contributed by atoms with Crippen LogP contribution in [-0.2, 0) is 14.4 Å². The Balaban J connectivity index is 2.02. The predicted octanol–water partition coefficient (Wildman–Crippen LogP) is 0.0151. The molecular weight excluding hydrogens is 258 g/mol. The van der Waals surface area contributed by atoms with Gasteiger partial charge in [0.05, 0.1) is 0 Å². The molecule has 1 aliphatic carbocycles. The molecule has 0 aromatic heterocycles. The van der Waals surface area contributed by atoms with Crippen molar-refractivity contribution in [2.45, 2.75) is 45.1 Å². The molecule has 0 spiro atoms. The van der Waals surface area contributed by atoms with E-state index in [1.54, 1.807) is 6.92 Å². The van der Waals surface area contributed by atoms with Crippen molar-refractivity contribution in [2.75, 3.05) is 13.1 Å². The molecule has 112 valence electrons. The van der Waals surface area contributed by atoms with Crippen LogP contribution in [0.2, 0.25) is 0 Å². The first-order valence-corrected chi connectivity index (χ1v) is 7.37. The van der Waals surface area contributed by atoms with Crippen molar-refractivity contribution in [1.82, 2.24) is 10.2 Å². The highest BCUT2D eigenvalue weighted by Gasteiger charge is 2.37. The monoisotopic (exact) mass is 281 g/mol. The number of nitrogens with zero attached hydrogens (tertiary/aromatic N) is 1. The van der Waals surface area contributed by atoms with Crippen LogP contribution in [0, 0.1) is 11.8 Å². The summed E-state index contributed by atoms with van der Waals surface area (Å²) in [4.78, 5) is 37.1. The Bertz CT molecular complexity index is 408. The molecule has 20 heavy (non-hydrogen) atoms. The number of rotatable bonds is 3. The van der Waals surface area contributed by atoms with Gasteiger partial charge in [0.1, 0.15) is 12.6 Å². The third kappa shape index (κ3) is 3.17. The maximum Gasteiger partial charge on any atom is 0.249 e. The van der Waals surface area contributed by atoms with E-state index in [0.29, 0.717) is 12.5 Å². The van der Waals surface area contributed by atoms with Gasteiger partial charge in [-0.05, 0) is 38.6 Å². The van der Waals surface area contributed by atoms with Crippen LogP contribution in [0.4, 0.5) is 0 Å². The van der Waals surface area contributed by atoms with E-state index >= 15 is 0 Å². The third-order valence-corrected chi connectivity index (χ3v) is 4.41. The van der Waals surface area contributed by atoms with Gasteiger partial charge in [0.15, 0.2) is 0 Å². The second-order valence-electron chi connectivity index (χ2n) is 5.86. The van der Waals surface area contributed by atoms with E-state index in [1.807, 2.05) is 0 Å². The fourth-order valence-electron chi connectivity index (χ4n) is 3.23. The van der Waals surface area contributed by atoms with Crippen LogP contribution in [0.5, 0.6) is 0 Å². The number of nitrogens with one attached hydrogen (secondary N) is 1. The van der Waals surface area contributed by atoms with E-state index in [4.69, 9.17) is 5.73 Å². The average molecular weight is 281 g/mol. The van der Waals surface area contributed by atoms with Crippen molar-refractivity contribution >= 4 is 17.7 Å². The summed E-state index contributed by atoms with van der Waals surface area (Å²) in [6, 6.07) is -0.560. The lowest BCUT2D eigenvalue weighted by atomic mass is 9.79. The standard InChI is InChI=1S/C14H23N3O3/c1-9-13(19)16-12(18)8-17(9)14(20)11-4-2-3-10(7-11)5-6-15/h9-11H,2-8,15H2,1H3,(H,16,18,19). The molecule has 3 N–H and O–H groups in total. The Morgan fingerprint density at radius 1 is 1.40 bits per heavy atom. The summed E-state index contributed by atoms with van der Waals surface area (Å²) in [5, 5.41) is 2.26. The molecule has 0 aromatic rings. The van der Waals surface area contributed by atoms with Gasteiger partial charge in [0, 0.05) is 5.92 Å². The van der Waals surface area contributed by atoms with Gasteiger partial charge in [-0.15, -0.1) is 0 Å². The highest BCUT2D eigenvalue weighted by molar-refractivity contribution is 6.04. The Kier molecular flexibility index (Phi) is 4.75. The fraction of sp³-hybridized carbons (Fsp3) is 0.786. The van der Waals surface area contributed by atoms with Crippen LogP contribution in [-0.4, -0.2) is 41.8 Å². The fourth-order valence-corrected chi connectivity index (χ4v) is 3.23. The van der Waals surface area contributed by atoms with Gasteiger partial charge in [-0.2, -0.15) is 0 Å². The van der Waals surface area contributed by atoms with Crippen LogP contribution >= 0.6 is 0 Å². The number of carbonyl (C=O) groups is 3. The van der Waals surface area contributed by atoms with Crippen LogP contribution < -0.4 is 11.1 Å². The lowest BCUT2D eigenvalue weighted by Crippen LogP contribution is -2.59. The highest BCUT2D eigenvalue weighted by atomic mass is 16.2. The molecular formula is C14H23N3O3. The topological polar surface area (TPSA) is 92.5 Å². The smallest absolute Gasteiger partial charge is 0.249 e. The van der Waals surface area contributed by atoms with Gasteiger partial charge in [0.25, 0.3) is 0 Å². The van der Waals surface area contributed by atoms with Crippen LogP contribution in [0.1, 0.15) is 39.0 Å². The minimum absolute atomic E-state index is 0.0101. The zero-order valence-electron chi connectivity index (χ0n) is 11.9. The molecule has 0 aromatic carbocycles. The molecule has 3 amide bonds. The molecule has 2 rings (SSSR count). The number of carbonyl (C=O) groups excluding carboxylic acids is 3. The first-order valence-electron chi connectivity index (χ1n) is 7.37. The molecule has 6 nitrogen and oxygen atoms in total. The van der Waals surface area contributed by atoms with Crippen molar-refractivity contribution in [3.8, 4) is 0 Å². The summed E-state index contributed by atoms with van der Waals surface area (Å²) in [6.45, 7) is 2.30. The van der Waals surface area contributed by atoms with Crippen molar-refractivity contribution in [1.29, 1.82) is 0 Å². The number of amides is 3. The first-order chi connectivity index (χ1) is 9.52. The number of imide groups is 1. The first kappa shape index (κ1) is 15.0. The number of piperazine rings is 1. The summed E-state index contributed by atoms with van der Waals surface area (Å²) >= 11 is 0. The molecule has 0 bridgehead atoms. The number of nitrogens with two attached hydrogens (primary N) is 1. The second kappa shape index (κ2) is 6.35. The lowest BCUT2D eigenvalue weighted by molar-refractivity contribution is -0.152. The molecule has 3 atom stereocenters. The normalized spacial score (nSPS) is 31.1. The Morgan fingerprint density at radius 3 is 2.85 bits per heavy atom. The highest BCUT2D eigenvalue weighted by Crippen LogP contribution is 2.32. The summed E-state index contributed by atoms with van der Waals surface area (Å²) < 4.78 is 0. The van der Waals surface area contributed by atoms with Gasteiger partial charge < -0.3 is 10.6 Å². The second-order valence-corrected chi connectivity index (χ2v) is 5.86. The zero-order chi connectivity index (χ0) is 14.7. The summed E-state index contributed by atoms with van der Waals surface area (Å²) in [7, 11) is 0. The average Bonchev–Trinajstić information content (AvgIpc) is 2.43. The van der Waals surface area contributed by atoms with Crippen molar-refractivity contribution in [3.63, 3.8) is 0 Å². The number of hydrogen-bond acceptors (Lipinski definition) is 4. The van der Waals surface area contributed by atoms with Crippen LogP contribution in [0.15, 0.2) is 0 Å². The molecule has 0 radical (unpaired) electrons. The largest absolute Gasteiger partial charge is 0.330 e. The van der Waals surface area contributed by atoms with E-state index in [-0.39, 0.29) is 24.3 Å². The maximum absolute atomic E-state index is 12.6. The van der Waals surface area contributed by atoms with Crippen molar-refractivity contribution in [3.05, 3.63) is 0 Å². The number of hydrogen-bond donors (Lipinski definition) is 2. The SMILES string of the molecule is CC1C(=O)NC(=O)CN1C(=O)C1CCCC(CCN)C1. The van der Waals surface area contributed by atoms with Crippen molar-refractivity contribution in [2.24, 2.45) is 17.6 Å². The van der Waals surface area contributed by atoms with Crippen LogP contribution in [0.3, 0.4) is 0 Å². The molecule has 6 heteroatoms. The molecule has 2 fully saturated rings. The third-order valence-electron chi connectivity index (χ3n) is 4.41. The molecule has 2 aliphatic rings.